The molecule has 2 heterocycles. The third-order valence-electron chi connectivity index (χ3n) is 8.52. The zero-order valence-electron chi connectivity index (χ0n) is 24.0. The van der Waals surface area contributed by atoms with Crippen LogP contribution in [0.2, 0.25) is 0 Å². The molecule has 1 aromatic carbocycles. The first-order valence-electron chi connectivity index (χ1n) is 13.6. The summed E-state index contributed by atoms with van der Waals surface area (Å²) in [5, 5.41) is 14.8. The Labute approximate surface area is 233 Å². The highest BCUT2D eigenvalue weighted by molar-refractivity contribution is 5.87. The summed E-state index contributed by atoms with van der Waals surface area (Å²) in [5.74, 6) is 0.0451. The number of carbonyl (C=O) groups is 3. The number of ether oxygens (including phenoxy) is 5. The van der Waals surface area contributed by atoms with E-state index in [0.717, 1.165) is 17.7 Å². The average Bonchev–Trinajstić information content (AvgIpc) is 3.22. The summed E-state index contributed by atoms with van der Waals surface area (Å²) < 4.78 is 28.1. The van der Waals surface area contributed by atoms with Gasteiger partial charge in [0.1, 0.15) is 17.4 Å². The van der Waals surface area contributed by atoms with E-state index in [4.69, 9.17) is 23.7 Å². The van der Waals surface area contributed by atoms with Gasteiger partial charge < -0.3 is 39.0 Å². The topological polar surface area (TPSA) is 133 Å². The van der Waals surface area contributed by atoms with Gasteiger partial charge in [0, 0.05) is 18.0 Å². The third kappa shape index (κ3) is 4.30. The molecule has 4 aliphatic rings. The van der Waals surface area contributed by atoms with Gasteiger partial charge in [-0.15, -0.1) is 0 Å². The van der Waals surface area contributed by atoms with Crippen molar-refractivity contribution in [2.45, 2.75) is 94.8 Å². The van der Waals surface area contributed by atoms with E-state index in [1.54, 1.807) is 34.0 Å². The number of hydrogen-bond donors (Lipinski definition) is 2. The number of amides is 1. The van der Waals surface area contributed by atoms with Gasteiger partial charge in [-0.25, -0.2) is 9.59 Å². The Balaban J connectivity index is 1.35. The molecule has 5 rings (SSSR count). The van der Waals surface area contributed by atoms with Gasteiger partial charge >= 0.3 is 12.1 Å². The van der Waals surface area contributed by atoms with E-state index in [0.29, 0.717) is 30.1 Å². The largest absolute Gasteiger partial charge is 0.509 e. The van der Waals surface area contributed by atoms with Crippen molar-refractivity contribution in [3.8, 4) is 11.5 Å². The molecule has 1 saturated heterocycles. The number of aliphatic hydroxyl groups is 1. The molecule has 2 aliphatic heterocycles. The molecule has 2 bridgehead atoms. The van der Waals surface area contributed by atoms with Crippen molar-refractivity contribution in [2.24, 2.45) is 0 Å². The van der Waals surface area contributed by atoms with Crippen LogP contribution in [0.25, 0.3) is 0 Å². The second kappa shape index (κ2) is 9.66. The lowest BCUT2D eigenvalue weighted by Crippen LogP contribution is -2.74. The van der Waals surface area contributed by atoms with Gasteiger partial charge in [0.2, 0.25) is 0 Å². The molecule has 218 valence electrons. The molecular weight excluding hydrogens is 520 g/mol. The quantitative estimate of drug-likeness (QED) is 0.502. The maximum absolute atomic E-state index is 13.2. The Morgan fingerprint density at radius 3 is 2.62 bits per heavy atom. The summed E-state index contributed by atoms with van der Waals surface area (Å²) >= 11 is 0. The van der Waals surface area contributed by atoms with Crippen LogP contribution in [0.15, 0.2) is 24.0 Å². The molecule has 0 saturated carbocycles. The van der Waals surface area contributed by atoms with Crippen LogP contribution < -0.4 is 14.8 Å². The van der Waals surface area contributed by atoms with Crippen LogP contribution in [0, 0.1) is 0 Å². The minimum atomic E-state index is -1.19. The van der Waals surface area contributed by atoms with Gasteiger partial charge in [-0.2, -0.15) is 0 Å². The first kappa shape index (κ1) is 28.2. The van der Waals surface area contributed by atoms with E-state index in [9.17, 15) is 19.5 Å². The minimum absolute atomic E-state index is 0.127. The summed E-state index contributed by atoms with van der Waals surface area (Å²) in [5.41, 5.74) is -0.692. The predicted octanol–water partition coefficient (Wildman–Crippen LogP) is 2.36. The van der Waals surface area contributed by atoms with Crippen molar-refractivity contribution in [1.82, 2.24) is 10.2 Å². The molecule has 11 heteroatoms. The Hall–Kier alpha value is -3.31. The standard InChI is InChI=1S/C29H38N2O9/c1-15(30-24(32)16(2)37-26(34)40-27(3,4)5)25(33)38-19-10-11-29(35)20-14-17-8-9-18(36-7)22-21(17)28(29,23(19)39-22)12-13-31(20)6/h8-10,15-16,20,23,35H,11-14H2,1-7H3,(H,30,32)/t15-,16-,20-,23-,28-,29+/m0/s1. The monoisotopic (exact) mass is 558 g/mol. The zero-order valence-corrected chi connectivity index (χ0v) is 24.0. The molecule has 6 atom stereocenters. The lowest BCUT2D eigenvalue weighted by atomic mass is 9.50. The maximum Gasteiger partial charge on any atom is 0.509 e. The summed E-state index contributed by atoms with van der Waals surface area (Å²) in [7, 11) is 3.59. The normalized spacial score (nSPS) is 29.6. The number of likely N-dealkylation sites (N-methyl/N-ethyl adjacent to an activating group) is 1. The number of nitrogens with zero attached hydrogens (tertiary/aromatic N) is 1. The molecule has 11 nitrogen and oxygen atoms in total. The van der Waals surface area contributed by atoms with Crippen molar-refractivity contribution >= 4 is 18.0 Å². The summed E-state index contributed by atoms with van der Waals surface area (Å²) in [6, 6.07) is 2.72. The lowest BCUT2D eigenvalue weighted by molar-refractivity contribution is -0.170. The predicted molar refractivity (Wildman–Crippen MR) is 142 cm³/mol. The number of carbonyl (C=O) groups excluding carboxylic acids is 3. The summed E-state index contributed by atoms with van der Waals surface area (Å²) in [6.07, 6.45) is 0.364. The van der Waals surface area contributed by atoms with Gasteiger partial charge in [0.05, 0.1) is 18.1 Å². The fraction of sp³-hybridized carbons (Fsp3) is 0.621. The van der Waals surface area contributed by atoms with Gasteiger partial charge in [-0.1, -0.05) is 6.07 Å². The smallest absolute Gasteiger partial charge is 0.493 e. The number of methoxy groups -OCH3 is 1. The van der Waals surface area contributed by atoms with E-state index in [2.05, 4.69) is 10.2 Å². The number of nitrogens with one attached hydrogen (secondary N) is 1. The van der Waals surface area contributed by atoms with Gasteiger partial charge in [0.15, 0.2) is 23.7 Å². The lowest BCUT2D eigenvalue weighted by Gasteiger charge is -2.61. The van der Waals surface area contributed by atoms with E-state index in [1.165, 1.54) is 13.8 Å². The number of esters is 1. The number of hydrogen-bond acceptors (Lipinski definition) is 10. The molecule has 1 aromatic rings. The highest BCUT2D eigenvalue weighted by Gasteiger charge is 2.72. The van der Waals surface area contributed by atoms with Crippen LogP contribution in [-0.2, 0) is 35.6 Å². The van der Waals surface area contributed by atoms with E-state index in [-0.39, 0.29) is 12.5 Å². The number of likely N-dealkylation sites (tertiary alicyclic amines) is 1. The fourth-order valence-electron chi connectivity index (χ4n) is 6.65. The third-order valence-corrected chi connectivity index (χ3v) is 8.52. The molecule has 2 aliphatic carbocycles. The van der Waals surface area contributed by atoms with Gasteiger partial charge in [0.25, 0.3) is 5.91 Å². The van der Waals surface area contributed by atoms with Crippen LogP contribution in [0.1, 0.15) is 58.6 Å². The second-order valence-electron chi connectivity index (χ2n) is 12.2. The first-order chi connectivity index (χ1) is 18.7. The average molecular weight is 559 g/mol. The van der Waals surface area contributed by atoms with Gasteiger partial charge in [-0.3, -0.25) is 4.79 Å². The van der Waals surface area contributed by atoms with E-state index in [1.807, 2.05) is 19.2 Å². The second-order valence-corrected chi connectivity index (χ2v) is 12.2. The van der Waals surface area contributed by atoms with Crippen molar-refractivity contribution in [3.63, 3.8) is 0 Å². The molecule has 2 N–H and O–H groups in total. The minimum Gasteiger partial charge on any atom is -0.493 e. The first-order valence-corrected chi connectivity index (χ1v) is 13.6. The highest BCUT2D eigenvalue weighted by atomic mass is 16.7. The molecule has 1 fully saturated rings. The number of piperidine rings is 1. The van der Waals surface area contributed by atoms with E-state index < -0.39 is 52.9 Å². The molecule has 0 unspecified atom stereocenters. The van der Waals surface area contributed by atoms with Crippen molar-refractivity contribution in [1.29, 1.82) is 0 Å². The molecular formula is C29H38N2O9. The number of rotatable bonds is 6. The van der Waals surface area contributed by atoms with Crippen LogP contribution in [0.4, 0.5) is 4.79 Å². The Morgan fingerprint density at radius 2 is 1.95 bits per heavy atom. The van der Waals surface area contributed by atoms with Crippen LogP contribution in [-0.4, -0.2) is 84.2 Å². The summed E-state index contributed by atoms with van der Waals surface area (Å²) in [4.78, 5) is 39.9. The molecule has 40 heavy (non-hydrogen) atoms. The number of benzene rings is 1. The van der Waals surface area contributed by atoms with Gasteiger partial charge in [-0.05, 0) is 78.8 Å². The molecule has 0 radical (unpaired) electrons. The highest BCUT2D eigenvalue weighted by Crippen LogP contribution is 2.65. The van der Waals surface area contributed by atoms with Crippen LogP contribution >= 0.6 is 0 Å². The molecule has 1 spiro atoms. The SMILES string of the molecule is COc1ccc2c3c1O[C@H]1C(OC(=O)[C@H](C)NC(=O)[C@H](C)OC(=O)OC(C)(C)C)=CC[C@@]4(O)[C@H](C2)N(C)CC[C@]314. The Kier molecular flexibility index (Phi) is 6.81. The molecule has 1 amide bonds. The van der Waals surface area contributed by atoms with Crippen LogP contribution in [0.3, 0.4) is 0 Å². The maximum atomic E-state index is 13.2. The van der Waals surface area contributed by atoms with E-state index >= 15 is 0 Å². The Bertz CT molecular complexity index is 1270. The fourth-order valence-corrected chi connectivity index (χ4v) is 6.65. The van der Waals surface area contributed by atoms with Crippen LogP contribution in [0.5, 0.6) is 11.5 Å². The molecule has 0 aromatic heterocycles. The zero-order chi connectivity index (χ0) is 29.2. The Morgan fingerprint density at radius 1 is 1.23 bits per heavy atom. The summed E-state index contributed by atoms with van der Waals surface area (Å²) in [6.45, 7) is 8.65. The van der Waals surface area contributed by atoms with Crippen molar-refractivity contribution in [3.05, 3.63) is 35.1 Å². The van der Waals surface area contributed by atoms with Crippen molar-refractivity contribution in [2.75, 3.05) is 20.7 Å². The van der Waals surface area contributed by atoms with Crippen molar-refractivity contribution < 1.29 is 43.2 Å².